The molecule has 0 unspecified atom stereocenters. The molecule has 0 atom stereocenters. The second-order valence-corrected chi connectivity index (χ2v) is 13.9. The van der Waals surface area contributed by atoms with Crippen LogP contribution in [-0.2, 0) is 0 Å². The standard InChI is InChI=1S/C45H26N4OS/c1-3-13-27(14-4-1)43-46-44(28-15-5-2-6-16-28)48-45(47-43)29-25-35(40-31-18-8-11-21-36(31)50-37(40)26-29)49-33-20-10-7-17-30(33)41-34(49)23-24-39-42(41)32-19-9-12-22-38(32)51-39/h1-26H. The number of fused-ring (bicyclic) bond motifs is 10. The van der Waals surface area contributed by atoms with Crippen LogP contribution in [0.15, 0.2) is 162 Å². The lowest BCUT2D eigenvalue weighted by atomic mass is 10.1. The quantitative estimate of drug-likeness (QED) is 0.187. The van der Waals surface area contributed by atoms with Crippen LogP contribution in [0.4, 0.5) is 0 Å². The minimum absolute atomic E-state index is 0.582. The van der Waals surface area contributed by atoms with Crippen molar-refractivity contribution in [3.05, 3.63) is 158 Å². The van der Waals surface area contributed by atoms with E-state index in [0.29, 0.717) is 17.5 Å². The molecule has 51 heavy (non-hydrogen) atoms. The lowest BCUT2D eigenvalue weighted by Crippen LogP contribution is -2.01. The van der Waals surface area contributed by atoms with Gasteiger partial charge in [-0.25, -0.2) is 15.0 Å². The highest BCUT2D eigenvalue weighted by Gasteiger charge is 2.23. The van der Waals surface area contributed by atoms with Crippen LogP contribution in [0, 0.1) is 0 Å². The molecule has 0 aliphatic heterocycles. The van der Waals surface area contributed by atoms with E-state index in [0.717, 1.165) is 55.3 Å². The van der Waals surface area contributed by atoms with Crippen molar-refractivity contribution in [3.8, 4) is 39.9 Å². The number of benzene rings is 7. The van der Waals surface area contributed by atoms with Gasteiger partial charge in [0.25, 0.3) is 0 Å². The van der Waals surface area contributed by atoms with Gasteiger partial charge in [0.15, 0.2) is 17.5 Å². The summed E-state index contributed by atoms with van der Waals surface area (Å²) in [5, 5.41) is 7.16. The Kier molecular flexibility index (Phi) is 6.05. The maximum Gasteiger partial charge on any atom is 0.164 e. The van der Waals surface area contributed by atoms with Gasteiger partial charge in [0, 0.05) is 53.0 Å². The van der Waals surface area contributed by atoms with Gasteiger partial charge in [0.05, 0.1) is 22.1 Å². The summed E-state index contributed by atoms with van der Waals surface area (Å²) in [6.45, 7) is 0. The van der Waals surface area contributed by atoms with Crippen molar-refractivity contribution in [2.75, 3.05) is 0 Å². The van der Waals surface area contributed by atoms with E-state index in [1.54, 1.807) is 0 Å². The van der Waals surface area contributed by atoms with Crippen LogP contribution in [0.5, 0.6) is 0 Å². The number of nitrogens with zero attached hydrogens (tertiary/aromatic N) is 4. The molecule has 4 heterocycles. The summed E-state index contributed by atoms with van der Waals surface area (Å²) < 4.78 is 11.6. The van der Waals surface area contributed by atoms with Gasteiger partial charge in [-0.3, -0.25) is 0 Å². The fourth-order valence-electron chi connectivity index (χ4n) is 7.61. The van der Waals surface area contributed by atoms with Gasteiger partial charge in [-0.2, -0.15) is 0 Å². The van der Waals surface area contributed by atoms with Crippen LogP contribution in [0.1, 0.15) is 0 Å². The van der Waals surface area contributed by atoms with Crippen LogP contribution in [0.3, 0.4) is 0 Å². The van der Waals surface area contributed by atoms with E-state index >= 15 is 0 Å². The first-order valence-electron chi connectivity index (χ1n) is 16.9. The zero-order chi connectivity index (χ0) is 33.5. The number of thiophene rings is 1. The maximum absolute atomic E-state index is 6.64. The van der Waals surface area contributed by atoms with E-state index in [1.165, 1.54) is 30.9 Å². The molecule has 0 aliphatic rings. The average molecular weight is 671 g/mol. The fraction of sp³-hybridized carbons (Fsp3) is 0. The van der Waals surface area contributed by atoms with Gasteiger partial charge in [-0.15, -0.1) is 11.3 Å². The Morgan fingerprint density at radius 2 is 1.02 bits per heavy atom. The molecule has 0 saturated heterocycles. The summed E-state index contributed by atoms with van der Waals surface area (Å²) in [6, 6.07) is 54.8. The number of hydrogen-bond acceptors (Lipinski definition) is 5. The van der Waals surface area contributed by atoms with E-state index in [2.05, 4.69) is 89.5 Å². The van der Waals surface area contributed by atoms with Gasteiger partial charge in [0.1, 0.15) is 11.2 Å². The van der Waals surface area contributed by atoms with E-state index < -0.39 is 0 Å². The molecule has 11 rings (SSSR count). The smallest absolute Gasteiger partial charge is 0.164 e. The third kappa shape index (κ3) is 4.30. The molecule has 7 aromatic carbocycles. The average Bonchev–Trinajstić information content (AvgIpc) is 3.87. The molecule has 0 radical (unpaired) electrons. The van der Waals surface area contributed by atoms with Crippen molar-refractivity contribution < 1.29 is 4.42 Å². The van der Waals surface area contributed by atoms with Crippen LogP contribution >= 0.6 is 11.3 Å². The van der Waals surface area contributed by atoms with Gasteiger partial charge < -0.3 is 8.98 Å². The Balaban J connectivity index is 1.26. The first kappa shape index (κ1) is 28.2. The molecule has 238 valence electrons. The predicted octanol–water partition coefficient (Wildman–Crippen LogP) is 12.2. The molecule has 0 fully saturated rings. The number of para-hydroxylation sites is 2. The molecule has 6 heteroatoms. The number of aromatic nitrogens is 4. The lowest BCUT2D eigenvalue weighted by molar-refractivity contribution is 0.669. The van der Waals surface area contributed by atoms with Gasteiger partial charge >= 0.3 is 0 Å². The van der Waals surface area contributed by atoms with Crippen molar-refractivity contribution in [3.63, 3.8) is 0 Å². The summed E-state index contributed by atoms with van der Waals surface area (Å²) in [5.74, 6) is 1.82. The Morgan fingerprint density at radius 1 is 0.412 bits per heavy atom. The molecule has 0 spiro atoms. The molecule has 0 bridgehead atoms. The second-order valence-electron chi connectivity index (χ2n) is 12.8. The predicted molar refractivity (Wildman–Crippen MR) is 211 cm³/mol. The zero-order valence-electron chi connectivity index (χ0n) is 27.1. The summed E-state index contributed by atoms with van der Waals surface area (Å²) in [4.78, 5) is 15.2. The Bertz CT molecular complexity index is 3080. The SMILES string of the molecule is c1ccc(-c2nc(-c3ccccc3)nc(-c3cc(-n4c5ccccc5c5c6c(ccc54)sc4ccccc46)c4c(c3)oc3ccccc34)n2)cc1. The van der Waals surface area contributed by atoms with Gasteiger partial charge in [0.2, 0.25) is 0 Å². The monoisotopic (exact) mass is 670 g/mol. The van der Waals surface area contributed by atoms with E-state index in [-0.39, 0.29) is 0 Å². The Hall–Kier alpha value is -6.63. The van der Waals surface area contributed by atoms with Gasteiger partial charge in [-0.05, 0) is 42.5 Å². The zero-order valence-corrected chi connectivity index (χ0v) is 27.9. The fourth-order valence-corrected chi connectivity index (χ4v) is 8.72. The van der Waals surface area contributed by atoms with Gasteiger partial charge in [-0.1, -0.05) is 115 Å². The van der Waals surface area contributed by atoms with Crippen LogP contribution < -0.4 is 0 Å². The Labute approximate surface area is 295 Å². The summed E-state index contributed by atoms with van der Waals surface area (Å²) in [6.07, 6.45) is 0. The topological polar surface area (TPSA) is 56.7 Å². The highest BCUT2D eigenvalue weighted by atomic mass is 32.1. The molecular weight excluding hydrogens is 645 g/mol. The highest BCUT2D eigenvalue weighted by molar-refractivity contribution is 7.26. The number of hydrogen-bond donors (Lipinski definition) is 0. The van der Waals surface area contributed by atoms with Crippen molar-refractivity contribution >= 4 is 75.3 Å². The first-order chi connectivity index (χ1) is 25.3. The minimum atomic E-state index is 0.582. The second kappa shape index (κ2) is 10.9. The molecule has 4 aromatic heterocycles. The minimum Gasteiger partial charge on any atom is -0.456 e. The Morgan fingerprint density at radius 3 is 1.76 bits per heavy atom. The van der Waals surface area contributed by atoms with Crippen molar-refractivity contribution in [1.82, 2.24) is 19.5 Å². The summed E-state index contributed by atoms with van der Waals surface area (Å²) in [5.41, 5.74) is 7.60. The number of rotatable bonds is 4. The summed E-state index contributed by atoms with van der Waals surface area (Å²) >= 11 is 1.85. The van der Waals surface area contributed by atoms with Crippen molar-refractivity contribution in [2.24, 2.45) is 0 Å². The lowest BCUT2D eigenvalue weighted by Gasteiger charge is -2.13. The molecule has 0 amide bonds. The highest BCUT2D eigenvalue weighted by Crippen LogP contribution is 2.45. The van der Waals surface area contributed by atoms with E-state index in [9.17, 15) is 0 Å². The molecule has 11 aromatic rings. The summed E-state index contributed by atoms with van der Waals surface area (Å²) in [7, 11) is 0. The first-order valence-corrected chi connectivity index (χ1v) is 17.8. The van der Waals surface area contributed by atoms with Crippen LogP contribution in [0.2, 0.25) is 0 Å². The normalized spacial score (nSPS) is 11.9. The maximum atomic E-state index is 6.64. The van der Waals surface area contributed by atoms with Crippen LogP contribution in [0.25, 0.3) is 104 Å². The molecule has 0 saturated carbocycles. The van der Waals surface area contributed by atoms with Crippen molar-refractivity contribution in [2.45, 2.75) is 0 Å². The van der Waals surface area contributed by atoms with Crippen molar-refractivity contribution in [1.29, 1.82) is 0 Å². The van der Waals surface area contributed by atoms with Crippen LogP contribution in [-0.4, -0.2) is 19.5 Å². The van der Waals surface area contributed by atoms with E-state index in [1.807, 2.05) is 84.1 Å². The number of furan rings is 1. The largest absolute Gasteiger partial charge is 0.456 e. The molecule has 0 aliphatic carbocycles. The third-order valence-corrected chi connectivity index (χ3v) is 11.0. The molecule has 0 N–H and O–H groups in total. The van der Waals surface area contributed by atoms with E-state index in [4.69, 9.17) is 19.4 Å². The molecular formula is C45H26N4OS. The third-order valence-electron chi connectivity index (χ3n) is 9.83. The molecule has 5 nitrogen and oxygen atoms in total.